The van der Waals surface area contributed by atoms with Gasteiger partial charge in [0.25, 0.3) is 0 Å². The fourth-order valence-corrected chi connectivity index (χ4v) is 3.48. The number of nitrogens with one attached hydrogen (secondary N) is 1. The van der Waals surface area contributed by atoms with Crippen molar-refractivity contribution in [3.8, 4) is 11.5 Å². The third kappa shape index (κ3) is 5.43. The average Bonchev–Trinajstić information content (AvgIpc) is 2.62. The molecule has 0 radical (unpaired) electrons. The molecule has 2 aromatic carbocycles. The number of carbonyl (C=O) groups excluding carboxylic acids is 1. The van der Waals surface area contributed by atoms with Gasteiger partial charge in [-0.3, -0.25) is 4.79 Å². The number of amides is 1. The van der Waals surface area contributed by atoms with Gasteiger partial charge in [-0.05, 0) is 43.2 Å². The van der Waals surface area contributed by atoms with Gasteiger partial charge in [0.1, 0.15) is 11.5 Å². The summed E-state index contributed by atoms with van der Waals surface area (Å²) in [5.74, 6) is 2.74. The van der Waals surface area contributed by atoms with Gasteiger partial charge in [-0.25, -0.2) is 0 Å². The zero-order valence-corrected chi connectivity index (χ0v) is 16.0. The Balaban J connectivity index is 1.91. The molecule has 0 heterocycles. The lowest BCUT2D eigenvalue weighted by atomic mass is 10.1. The van der Waals surface area contributed by atoms with E-state index < -0.39 is 0 Å². The zero-order valence-electron chi connectivity index (χ0n) is 15.2. The van der Waals surface area contributed by atoms with Crippen LogP contribution in [0.2, 0.25) is 0 Å². The molecule has 25 heavy (non-hydrogen) atoms. The van der Waals surface area contributed by atoms with Crippen LogP contribution < -0.4 is 14.8 Å². The summed E-state index contributed by atoms with van der Waals surface area (Å²) in [6.07, 6.45) is 0. The topological polar surface area (TPSA) is 47.6 Å². The summed E-state index contributed by atoms with van der Waals surface area (Å²) in [5, 5.41) is 3.03. The van der Waals surface area contributed by atoms with Crippen molar-refractivity contribution in [1.29, 1.82) is 0 Å². The highest BCUT2D eigenvalue weighted by molar-refractivity contribution is 7.99. The monoisotopic (exact) mass is 359 g/mol. The van der Waals surface area contributed by atoms with Crippen LogP contribution >= 0.6 is 11.8 Å². The molecular formula is C20H25NO3S. The molecule has 0 unspecified atom stereocenters. The van der Waals surface area contributed by atoms with Crippen molar-refractivity contribution in [1.82, 2.24) is 5.32 Å². The first kappa shape index (κ1) is 19.2. The number of aryl methyl sites for hydroxylation is 1. The Morgan fingerprint density at radius 1 is 1.16 bits per heavy atom. The minimum Gasteiger partial charge on any atom is -0.497 e. The summed E-state index contributed by atoms with van der Waals surface area (Å²) in [6, 6.07) is 13.7. The normalized spacial score (nSPS) is 11.7. The summed E-state index contributed by atoms with van der Waals surface area (Å²) >= 11 is 1.62. The summed E-state index contributed by atoms with van der Waals surface area (Å²) in [5.41, 5.74) is 3.42. The Labute approximate surface area is 153 Å². The van der Waals surface area contributed by atoms with Crippen LogP contribution in [0.25, 0.3) is 0 Å². The van der Waals surface area contributed by atoms with Crippen LogP contribution in [0.1, 0.15) is 29.7 Å². The van der Waals surface area contributed by atoms with Crippen molar-refractivity contribution < 1.29 is 14.3 Å². The van der Waals surface area contributed by atoms with Gasteiger partial charge in [0, 0.05) is 11.3 Å². The van der Waals surface area contributed by atoms with E-state index in [9.17, 15) is 4.79 Å². The molecule has 134 valence electrons. The average molecular weight is 359 g/mol. The van der Waals surface area contributed by atoms with E-state index in [0.717, 1.165) is 22.8 Å². The third-order valence-corrected chi connectivity index (χ3v) is 5.01. The van der Waals surface area contributed by atoms with E-state index in [1.54, 1.807) is 26.0 Å². The number of carbonyl (C=O) groups is 1. The first-order valence-electron chi connectivity index (χ1n) is 8.18. The predicted molar refractivity (Wildman–Crippen MR) is 103 cm³/mol. The number of methoxy groups -OCH3 is 2. The molecule has 2 aromatic rings. The van der Waals surface area contributed by atoms with E-state index in [0.29, 0.717) is 5.75 Å². The van der Waals surface area contributed by atoms with E-state index in [2.05, 4.69) is 24.4 Å². The molecule has 0 aliphatic heterocycles. The van der Waals surface area contributed by atoms with Gasteiger partial charge in [0.05, 0.1) is 26.0 Å². The van der Waals surface area contributed by atoms with Crippen LogP contribution in [0, 0.1) is 6.92 Å². The fraction of sp³-hybridized carbons (Fsp3) is 0.350. The zero-order chi connectivity index (χ0) is 18.2. The second kappa shape index (κ2) is 9.37. The molecule has 0 bridgehead atoms. The third-order valence-electron chi connectivity index (χ3n) is 4.03. The van der Waals surface area contributed by atoms with E-state index in [-0.39, 0.29) is 11.9 Å². The highest BCUT2D eigenvalue weighted by Crippen LogP contribution is 2.29. The number of rotatable bonds is 8. The molecule has 4 nitrogen and oxygen atoms in total. The first-order chi connectivity index (χ1) is 12.0. The van der Waals surface area contributed by atoms with E-state index >= 15 is 0 Å². The Morgan fingerprint density at radius 2 is 1.92 bits per heavy atom. The minimum absolute atomic E-state index is 0.0101. The summed E-state index contributed by atoms with van der Waals surface area (Å²) in [7, 11) is 3.24. The predicted octanol–water partition coefficient (Wildman–Crippen LogP) is 4.12. The van der Waals surface area contributed by atoms with Crippen LogP contribution in [-0.2, 0) is 10.5 Å². The second-order valence-electron chi connectivity index (χ2n) is 5.82. The Kier molecular flexibility index (Phi) is 7.19. The van der Waals surface area contributed by atoms with Crippen LogP contribution in [0.15, 0.2) is 42.5 Å². The quantitative estimate of drug-likeness (QED) is 0.770. The molecule has 5 heteroatoms. The fourth-order valence-electron chi connectivity index (χ4n) is 2.56. The Hall–Kier alpha value is -2.14. The Morgan fingerprint density at radius 3 is 2.60 bits per heavy atom. The lowest BCUT2D eigenvalue weighted by Crippen LogP contribution is -2.28. The number of benzene rings is 2. The van der Waals surface area contributed by atoms with Crippen LogP contribution in [0.4, 0.5) is 0 Å². The molecule has 0 spiro atoms. The van der Waals surface area contributed by atoms with Gasteiger partial charge in [0.15, 0.2) is 0 Å². The SMILES string of the molecule is COc1ccc(OC)c([C@H](C)NC(=O)CSCc2ccccc2C)c1. The lowest BCUT2D eigenvalue weighted by molar-refractivity contribution is -0.119. The molecule has 0 fully saturated rings. The molecule has 0 aromatic heterocycles. The van der Waals surface area contributed by atoms with Crippen molar-refractivity contribution in [2.24, 2.45) is 0 Å². The van der Waals surface area contributed by atoms with Crippen LogP contribution in [-0.4, -0.2) is 25.9 Å². The molecule has 1 N–H and O–H groups in total. The summed E-state index contributed by atoms with van der Waals surface area (Å²) < 4.78 is 10.6. The largest absolute Gasteiger partial charge is 0.497 e. The van der Waals surface area contributed by atoms with Crippen LogP contribution in [0.3, 0.4) is 0 Å². The van der Waals surface area contributed by atoms with Gasteiger partial charge in [0.2, 0.25) is 5.91 Å². The van der Waals surface area contributed by atoms with Gasteiger partial charge in [-0.1, -0.05) is 24.3 Å². The smallest absolute Gasteiger partial charge is 0.230 e. The highest BCUT2D eigenvalue weighted by atomic mass is 32.2. The molecule has 0 saturated heterocycles. The van der Waals surface area contributed by atoms with Crippen LogP contribution in [0.5, 0.6) is 11.5 Å². The minimum atomic E-state index is -0.156. The lowest BCUT2D eigenvalue weighted by Gasteiger charge is -2.18. The molecule has 1 atom stereocenters. The molecule has 2 rings (SSSR count). The maximum Gasteiger partial charge on any atom is 0.230 e. The van der Waals surface area contributed by atoms with Gasteiger partial charge >= 0.3 is 0 Å². The summed E-state index contributed by atoms with van der Waals surface area (Å²) in [4.78, 5) is 12.3. The molecule has 0 aliphatic carbocycles. The molecule has 1 amide bonds. The maximum absolute atomic E-state index is 12.3. The van der Waals surface area contributed by atoms with Gasteiger partial charge in [-0.2, -0.15) is 0 Å². The molecule has 0 saturated carbocycles. The first-order valence-corrected chi connectivity index (χ1v) is 9.34. The number of hydrogen-bond donors (Lipinski definition) is 1. The number of hydrogen-bond acceptors (Lipinski definition) is 4. The van der Waals surface area contributed by atoms with E-state index in [1.165, 1.54) is 11.1 Å². The van der Waals surface area contributed by atoms with Gasteiger partial charge < -0.3 is 14.8 Å². The Bertz CT molecular complexity index is 718. The number of ether oxygens (including phenoxy) is 2. The van der Waals surface area contributed by atoms with Crippen molar-refractivity contribution in [2.75, 3.05) is 20.0 Å². The van der Waals surface area contributed by atoms with Crippen molar-refractivity contribution in [3.05, 3.63) is 59.2 Å². The molecular weight excluding hydrogens is 334 g/mol. The standard InChI is InChI=1S/C20H25NO3S/c1-14-7-5-6-8-16(14)12-25-13-20(22)21-15(2)18-11-17(23-3)9-10-19(18)24-4/h5-11,15H,12-13H2,1-4H3,(H,21,22)/t15-/m0/s1. The van der Waals surface area contributed by atoms with E-state index in [1.807, 2.05) is 37.3 Å². The van der Waals surface area contributed by atoms with Crippen molar-refractivity contribution >= 4 is 17.7 Å². The highest BCUT2D eigenvalue weighted by Gasteiger charge is 2.15. The second-order valence-corrected chi connectivity index (χ2v) is 6.80. The van der Waals surface area contributed by atoms with E-state index in [4.69, 9.17) is 9.47 Å². The number of thioether (sulfide) groups is 1. The molecule has 0 aliphatic rings. The van der Waals surface area contributed by atoms with Crippen molar-refractivity contribution in [3.63, 3.8) is 0 Å². The van der Waals surface area contributed by atoms with Crippen molar-refractivity contribution in [2.45, 2.75) is 25.6 Å². The summed E-state index contributed by atoms with van der Waals surface area (Å²) in [6.45, 7) is 4.04. The maximum atomic E-state index is 12.3. The van der Waals surface area contributed by atoms with Gasteiger partial charge in [-0.15, -0.1) is 11.8 Å².